The Labute approximate surface area is 222 Å². The van der Waals surface area contributed by atoms with Crippen molar-refractivity contribution in [2.24, 2.45) is 0 Å². The van der Waals surface area contributed by atoms with Gasteiger partial charge in [0.25, 0.3) is 0 Å². The Morgan fingerprint density at radius 1 is 0.676 bits per heavy atom. The van der Waals surface area contributed by atoms with Crippen LogP contribution >= 0.6 is 17.0 Å². The zero-order chi connectivity index (χ0) is 24.8. The zero-order valence-electron chi connectivity index (χ0n) is 21.3. The molecule has 34 heavy (non-hydrogen) atoms. The molecule has 0 aromatic heterocycles. The van der Waals surface area contributed by atoms with Crippen LogP contribution in [0, 0.1) is 0 Å². The molecular formula is C31H40Cl2Zr-2. The van der Waals surface area contributed by atoms with Crippen molar-refractivity contribution in [3.63, 3.8) is 0 Å². The molecule has 0 aliphatic rings. The van der Waals surface area contributed by atoms with Crippen LogP contribution in [0.15, 0.2) is 72.8 Å². The Hall–Kier alpha value is -1.01. The van der Waals surface area contributed by atoms with Crippen LogP contribution in [-0.2, 0) is 31.7 Å². The Bertz CT molecular complexity index is 1030. The molecule has 0 saturated carbocycles. The fraction of sp³-hybridized carbons (Fsp3) is 0.387. The van der Waals surface area contributed by atoms with Gasteiger partial charge < -0.3 is 0 Å². The van der Waals surface area contributed by atoms with Crippen molar-refractivity contribution >= 4 is 41.8 Å². The SMILES string of the molecule is CCCCCc1c[cH-]c2ccccc12.CCCCCc1c[cH-]c2ccccc12.C[C](C)=[Zr]([Cl])[Cl]. The molecule has 0 unspecified atom stereocenters. The van der Waals surface area contributed by atoms with Crippen molar-refractivity contribution in [2.45, 2.75) is 79.1 Å². The fourth-order valence-corrected chi connectivity index (χ4v) is 4.00. The van der Waals surface area contributed by atoms with E-state index >= 15 is 0 Å². The summed E-state index contributed by atoms with van der Waals surface area (Å²) in [6.07, 6.45) is 10.4. The van der Waals surface area contributed by atoms with Crippen LogP contribution in [0.2, 0.25) is 0 Å². The van der Waals surface area contributed by atoms with Gasteiger partial charge in [0.1, 0.15) is 0 Å². The van der Waals surface area contributed by atoms with E-state index in [1.807, 2.05) is 13.8 Å². The number of benzene rings is 2. The second kappa shape index (κ2) is 16.6. The van der Waals surface area contributed by atoms with Crippen molar-refractivity contribution in [1.82, 2.24) is 0 Å². The Balaban J connectivity index is 0.000000196. The molecule has 0 saturated heterocycles. The number of hydrogen-bond donors (Lipinski definition) is 0. The van der Waals surface area contributed by atoms with Crippen molar-refractivity contribution in [2.75, 3.05) is 0 Å². The van der Waals surface area contributed by atoms with Gasteiger partial charge in [-0.05, 0) is 0 Å². The van der Waals surface area contributed by atoms with Crippen molar-refractivity contribution in [1.29, 1.82) is 0 Å². The zero-order valence-corrected chi connectivity index (χ0v) is 25.3. The van der Waals surface area contributed by atoms with E-state index in [1.165, 1.54) is 87.2 Å². The Kier molecular flexibility index (Phi) is 14.3. The topological polar surface area (TPSA) is 0 Å². The number of rotatable bonds is 8. The molecule has 0 atom stereocenters. The first kappa shape index (κ1) is 29.2. The quantitative estimate of drug-likeness (QED) is 0.145. The standard InChI is InChI=1S/2C14H17.C3H6.2ClH.Zr/c2*1-2-3-4-7-12-10-11-13-8-5-6-9-14(12)13;1-3-2;;;/h2*5-6,8-11H,2-4,7H2,1H3;1-2H3;2*1H;/q2*-1;;;;+2/p-2. The average Bonchev–Trinajstić information content (AvgIpc) is 3.45. The van der Waals surface area contributed by atoms with Crippen LogP contribution in [0.5, 0.6) is 0 Å². The van der Waals surface area contributed by atoms with Gasteiger partial charge in [-0.15, -0.1) is 82.2 Å². The van der Waals surface area contributed by atoms with Crippen LogP contribution in [-0.4, -0.2) is 3.21 Å². The second-order valence-corrected chi connectivity index (χ2v) is 18.4. The van der Waals surface area contributed by atoms with Gasteiger partial charge in [-0.25, -0.2) is 0 Å². The molecule has 0 fully saturated rings. The number of aryl methyl sites for hydroxylation is 2. The fourth-order valence-electron chi connectivity index (χ4n) is 4.00. The predicted octanol–water partition coefficient (Wildman–Crippen LogP) is 10.7. The summed E-state index contributed by atoms with van der Waals surface area (Å²) in [7, 11) is 11.1. The number of unbranched alkanes of at least 4 members (excludes halogenated alkanes) is 4. The van der Waals surface area contributed by atoms with Gasteiger partial charge in [-0.3, -0.25) is 0 Å². The monoisotopic (exact) mass is 572 g/mol. The van der Waals surface area contributed by atoms with Gasteiger partial charge in [0.2, 0.25) is 0 Å². The molecule has 0 nitrogen and oxygen atoms in total. The summed E-state index contributed by atoms with van der Waals surface area (Å²) in [5.74, 6) is 0. The van der Waals surface area contributed by atoms with Crippen LogP contribution in [0.4, 0.5) is 0 Å². The second-order valence-electron chi connectivity index (χ2n) is 9.07. The first-order chi connectivity index (χ1) is 16.5. The predicted molar refractivity (Wildman–Crippen MR) is 154 cm³/mol. The summed E-state index contributed by atoms with van der Waals surface area (Å²) in [6.45, 7) is 8.47. The molecular weight excluding hydrogens is 534 g/mol. The minimum atomic E-state index is -1.84. The van der Waals surface area contributed by atoms with E-state index in [0.29, 0.717) is 0 Å². The molecule has 3 heteroatoms. The van der Waals surface area contributed by atoms with Crippen LogP contribution in [0.1, 0.15) is 77.3 Å². The minimum absolute atomic E-state index is 1.24. The third-order valence-corrected chi connectivity index (χ3v) is 12.3. The molecule has 4 aromatic carbocycles. The van der Waals surface area contributed by atoms with E-state index in [0.717, 1.165) is 0 Å². The van der Waals surface area contributed by atoms with Gasteiger partial charge in [0.05, 0.1) is 0 Å². The van der Waals surface area contributed by atoms with E-state index in [2.05, 4.69) is 86.6 Å². The van der Waals surface area contributed by atoms with Crippen molar-refractivity contribution in [3.8, 4) is 0 Å². The summed E-state index contributed by atoms with van der Waals surface area (Å²) in [6, 6.07) is 26.4. The van der Waals surface area contributed by atoms with Gasteiger partial charge in [-0.2, -0.15) is 11.1 Å². The molecule has 184 valence electrons. The van der Waals surface area contributed by atoms with Gasteiger partial charge in [0.15, 0.2) is 0 Å². The molecule has 0 amide bonds. The number of fused-ring (bicyclic) bond motifs is 2. The molecule has 0 bridgehead atoms. The summed E-state index contributed by atoms with van der Waals surface area (Å²) in [4.78, 5) is 0. The first-order valence-electron chi connectivity index (χ1n) is 12.7. The summed E-state index contributed by atoms with van der Waals surface area (Å²) < 4.78 is 1.24. The molecule has 4 aromatic rings. The molecule has 0 aliphatic carbocycles. The van der Waals surface area contributed by atoms with Crippen molar-refractivity contribution in [3.05, 3.63) is 83.9 Å². The van der Waals surface area contributed by atoms with Crippen LogP contribution in [0.3, 0.4) is 0 Å². The van der Waals surface area contributed by atoms with Crippen molar-refractivity contribution < 1.29 is 18.9 Å². The van der Waals surface area contributed by atoms with Crippen LogP contribution in [0.25, 0.3) is 21.5 Å². The average molecular weight is 575 g/mol. The third kappa shape index (κ3) is 9.93. The van der Waals surface area contributed by atoms with Gasteiger partial charge in [0, 0.05) is 0 Å². The van der Waals surface area contributed by atoms with E-state index in [1.54, 1.807) is 0 Å². The molecule has 0 N–H and O–H groups in total. The maximum atomic E-state index is 5.54. The number of hydrogen-bond acceptors (Lipinski definition) is 0. The van der Waals surface area contributed by atoms with Crippen LogP contribution < -0.4 is 0 Å². The molecule has 0 heterocycles. The molecule has 4 rings (SSSR count). The summed E-state index contributed by atoms with van der Waals surface area (Å²) in [5.41, 5.74) is 3.04. The first-order valence-corrected chi connectivity index (χ1v) is 20.3. The summed E-state index contributed by atoms with van der Waals surface area (Å²) in [5, 5.41) is 5.67. The van der Waals surface area contributed by atoms with E-state index in [4.69, 9.17) is 17.0 Å². The molecule has 0 aliphatic heterocycles. The summed E-state index contributed by atoms with van der Waals surface area (Å²) >= 11 is -1.84. The van der Waals surface area contributed by atoms with E-state index < -0.39 is 18.9 Å². The van der Waals surface area contributed by atoms with Gasteiger partial charge >= 0.3 is 53.0 Å². The maximum absolute atomic E-state index is 5.54. The van der Waals surface area contributed by atoms with Gasteiger partial charge in [-0.1, -0.05) is 77.3 Å². The van der Waals surface area contributed by atoms with E-state index in [-0.39, 0.29) is 0 Å². The third-order valence-electron chi connectivity index (χ3n) is 6.02. The Morgan fingerprint density at radius 3 is 1.41 bits per heavy atom. The Morgan fingerprint density at radius 2 is 1.06 bits per heavy atom. The molecule has 0 radical (unpaired) electrons. The molecule has 0 spiro atoms. The normalized spacial score (nSPS) is 10.4. The number of halogens is 2. The van der Waals surface area contributed by atoms with E-state index in [9.17, 15) is 0 Å².